The van der Waals surface area contributed by atoms with E-state index in [0.29, 0.717) is 28.0 Å². The molecule has 26 heavy (non-hydrogen) atoms. The summed E-state index contributed by atoms with van der Waals surface area (Å²) >= 11 is 6.43. The zero-order valence-corrected chi connectivity index (χ0v) is 16.3. The maximum Gasteiger partial charge on any atom is 0.303 e. The first-order valence-electron chi connectivity index (χ1n) is 8.27. The fourth-order valence-corrected chi connectivity index (χ4v) is 3.69. The van der Waals surface area contributed by atoms with Gasteiger partial charge in [-0.25, -0.2) is 0 Å². The first-order valence-corrected chi connectivity index (χ1v) is 9.49. The summed E-state index contributed by atoms with van der Waals surface area (Å²) in [4.78, 5) is 25.1. The summed E-state index contributed by atoms with van der Waals surface area (Å²) in [6, 6.07) is 3.31. The number of phenolic OH excluding ortho intramolecular Hbond substituents is 1. The van der Waals surface area contributed by atoms with Gasteiger partial charge in [0.25, 0.3) is 5.91 Å². The van der Waals surface area contributed by atoms with E-state index in [4.69, 9.17) is 22.1 Å². The van der Waals surface area contributed by atoms with Crippen molar-refractivity contribution in [3.05, 3.63) is 28.2 Å². The average Bonchev–Trinajstić information content (AvgIpc) is 2.83. The number of carboxylic acids is 1. The van der Waals surface area contributed by atoms with E-state index in [2.05, 4.69) is 0 Å². The Labute approximate surface area is 161 Å². The molecule has 1 fully saturated rings. The van der Waals surface area contributed by atoms with Crippen LogP contribution < -0.4 is 4.74 Å². The van der Waals surface area contributed by atoms with Crippen LogP contribution in [0.25, 0.3) is 6.08 Å². The molecule has 2 rings (SSSR count). The quantitative estimate of drug-likeness (QED) is 0.514. The Morgan fingerprint density at radius 1 is 1.42 bits per heavy atom. The second kappa shape index (κ2) is 9.05. The number of benzene rings is 1. The van der Waals surface area contributed by atoms with Crippen molar-refractivity contribution in [2.24, 2.45) is 0 Å². The smallest absolute Gasteiger partial charge is 0.303 e. The van der Waals surface area contributed by atoms with Crippen LogP contribution in [0.1, 0.15) is 37.3 Å². The number of nitrogens with zero attached hydrogens (tertiary/aromatic N) is 1. The molecule has 1 aliphatic heterocycles. The van der Waals surface area contributed by atoms with Crippen molar-refractivity contribution in [2.45, 2.75) is 33.1 Å². The number of ether oxygens (including phenoxy) is 1. The number of aryl methyl sites for hydroxylation is 1. The molecule has 1 aromatic carbocycles. The summed E-state index contributed by atoms with van der Waals surface area (Å²) in [7, 11) is 0. The van der Waals surface area contributed by atoms with Gasteiger partial charge in [0.05, 0.1) is 11.5 Å². The lowest BCUT2D eigenvalue weighted by Crippen LogP contribution is -2.29. The number of thiocarbonyl (C=S) groups is 1. The first-order chi connectivity index (χ1) is 12.3. The number of aliphatic carboxylic acids is 1. The molecule has 1 heterocycles. The molecule has 0 aliphatic carbocycles. The predicted molar refractivity (Wildman–Crippen MR) is 105 cm³/mol. The fourth-order valence-electron chi connectivity index (χ4n) is 2.39. The lowest BCUT2D eigenvalue weighted by molar-refractivity contribution is -0.137. The maximum absolute atomic E-state index is 12.6. The van der Waals surface area contributed by atoms with E-state index in [1.807, 2.05) is 13.8 Å². The van der Waals surface area contributed by atoms with E-state index in [0.717, 1.165) is 17.5 Å². The SMILES string of the molecule is CCCOc1cc(/C=C2\SC(=S)N(CCCC(=O)O)C2=O)c(C)cc1O. The molecule has 0 bridgehead atoms. The van der Waals surface area contributed by atoms with E-state index in [9.17, 15) is 14.7 Å². The highest BCUT2D eigenvalue weighted by atomic mass is 32.2. The van der Waals surface area contributed by atoms with Gasteiger partial charge in [0.1, 0.15) is 4.32 Å². The zero-order valence-electron chi connectivity index (χ0n) is 14.7. The number of carbonyl (C=O) groups is 2. The maximum atomic E-state index is 12.6. The summed E-state index contributed by atoms with van der Waals surface area (Å²) in [6.07, 6.45) is 2.88. The van der Waals surface area contributed by atoms with E-state index in [1.165, 1.54) is 16.7 Å². The molecule has 1 saturated heterocycles. The van der Waals surface area contributed by atoms with Crippen LogP contribution in [0.2, 0.25) is 0 Å². The largest absolute Gasteiger partial charge is 0.504 e. The van der Waals surface area contributed by atoms with Crippen molar-refractivity contribution in [3.8, 4) is 11.5 Å². The van der Waals surface area contributed by atoms with Gasteiger partial charge in [-0.1, -0.05) is 30.9 Å². The Balaban J connectivity index is 2.20. The fraction of sp³-hybridized carbons (Fsp3) is 0.389. The number of aromatic hydroxyl groups is 1. The van der Waals surface area contributed by atoms with Crippen LogP contribution in [-0.4, -0.2) is 44.5 Å². The number of amides is 1. The van der Waals surface area contributed by atoms with Crippen molar-refractivity contribution >= 4 is 46.3 Å². The van der Waals surface area contributed by atoms with E-state index in [-0.39, 0.29) is 24.6 Å². The van der Waals surface area contributed by atoms with Crippen molar-refractivity contribution in [1.29, 1.82) is 0 Å². The molecule has 1 aliphatic rings. The van der Waals surface area contributed by atoms with Gasteiger partial charge in [-0.05, 0) is 49.1 Å². The average molecular weight is 396 g/mol. The lowest BCUT2D eigenvalue weighted by atomic mass is 10.1. The molecule has 0 unspecified atom stereocenters. The Hall–Kier alpha value is -2.06. The molecule has 0 saturated carbocycles. The van der Waals surface area contributed by atoms with Gasteiger partial charge < -0.3 is 14.9 Å². The van der Waals surface area contributed by atoms with Gasteiger partial charge in [-0.15, -0.1) is 0 Å². The number of carboxylic acid groups (broad SMARTS) is 1. The van der Waals surface area contributed by atoms with Gasteiger partial charge in [-0.3, -0.25) is 14.5 Å². The van der Waals surface area contributed by atoms with Gasteiger partial charge in [0.15, 0.2) is 11.5 Å². The molecule has 6 nitrogen and oxygen atoms in total. The minimum atomic E-state index is -0.898. The third kappa shape index (κ3) is 4.98. The van der Waals surface area contributed by atoms with Gasteiger partial charge >= 0.3 is 5.97 Å². The van der Waals surface area contributed by atoms with Crippen molar-refractivity contribution in [2.75, 3.05) is 13.2 Å². The molecule has 1 aromatic rings. The summed E-state index contributed by atoms with van der Waals surface area (Å²) < 4.78 is 5.95. The molecular formula is C18H21NO5S2. The first kappa shape index (κ1) is 20.3. The number of thioether (sulfide) groups is 1. The van der Waals surface area contributed by atoms with Crippen LogP contribution >= 0.6 is 24.0 Å². The molecule has 2 N–H and O–H groups in total. The topological polar surface area (TPSA) is 87.1 Å². The highest BCUT2D eigenvalue weighted by Gasteiger charge is 2.31. The Morgan fingerprint density at radius 2 is 2.15 bits per heavy atom. The molecule has 140 valence electrons. The molecule has 0 aromatic heterocycles. The van der Waals surface area contributed by atoms with E-state index < -0.39 is 5.97 Å². The van der Waals surface area contributed by atoms with Crippen LogP contribution in [0, 0.1) is 6.92 Å². The van der Waals surface area contributed by atoms with Crippen LogP contribution in [0.3, 0.4) is 0 Å². The van der Waals surface area contributed by atoms with E-state index >= 15 is 0 Å². The van der Waals surface area contributed by atoms with Gasteiger partial charge in [-0.2, -0.15) is 0 Å². The van der Waals surface area contributed by atoms with E-state index in [1.54, 1.807) is 18.2 Å². The Bertz CT molecular complexity index is 760. The summed E-state index contributed by atoms with van der Waals surface area (Å²) in [5.74, 6) is -0.686. The minimum Gasteiger partial charge on any atom is -0.504 e. The molecule has 8 heteroatoms. The van der Waals surface area contributed by atoms with Crippen LogP contribution in [-0.2, 0) is 9.59 Å². The van der Waals surface area contributed by atoms with Gasteiger partial charge in [0, 0.05) is 13.0 Å². The van der Waals surface area contributed by atoms with Crippen LogP contribution in [0.4, 0.5) is 0 Å². The van der Waals surface area contributed by atoms with Crippen LogP contribution in [0.5, 0.6) is 11.5 Å². The second-order valence-electron chi connectivity index (χ2n) is 5.86. The molecular weight excluding hydrogens is 374 g/mol. The monoisotopic (exact) mass is 395 g/mol. The van der Waals surface area contributed by atoms with Crippen molar-refractivity contribution in [1.82, 2.24) is 4.90 Å². The highest BCUT2D eigenvalue weighted by molar-refractivity contribution is 8.26. The number of hydrogen-bond donors (Lipinski definition) is 2. The molecule has 0 atom stereocenters. The Morgan fingerprint density at radius 3 is 2.81 bits per heavy atom. The normalized spacial score (nSPS) is 15.8. The predicted octanol–water partition coefficient (Wildman–Crippen LogP) is 3.56. The standard InChI is InChI=1S/C18H21NO5S2/c1-3-7-24-14-9-12(11(2)8-13(14)20)10-15-17(23)19(18(25)26-15)6-4-5-16(21)22/h8-10,20H,3-7H2,1-2H3,(H,21,22)/b15-10-. The summed E-state index contributed by atoms with van der Waals surface area (Å²) in [5.41, 5.74) is 1.57. The molecule has 1 amide bonds. The van der Waals surface area contributed by atoms with Crippen molar-refractivity contribution < 1.29 is 24.5 Å². The molecule has 0 radical (unpaired) electrons. The zero-order chi connectivity index (χ0) is 19.3. The number of rotatable bonds is 8. The number of hydrogen-bond acceptors (Lipinski definition) is 6. The summed E-state index contributed by atoms with van der Waals surface area (Å²) in [6.45, 7) is 4.58. The van der Waals surface area contributed by atoms with Crippen LogP contribution in [0.15, 0.2) is 17.0 Å². The third-order valence-corrected chi connectivity index (χ3v) is 5.12. The summed E-state index contributed by atoms with van der Waals surface area (Å²) in [5, 5.41) is 18.7. The number of carbonyl (C=O) groups excluding carboxylic acids is 1. The van der Waals surface area contributed by atoms with Gasteiger partial charge in [0.2, 0.25) is 0 Å². The lowest BCUT2D eigenvalue weighted by Gasteiger charge is -2.13. The highest BCUT2D eigenvalue weighted by Crippen LogP contribution is 2.36. The minimum absolute atomic E-state index is 0.00863. The second-order valence-corrected chi connectivity index (χ2v) is 7.53. The third-order valence-electron chi connectivity index (χ3n) is 3.74. The number of phenols is 1. The van der Waals surface area contributed by atoms with Crippen molar-refractivity contribution in [3.63, 3.8) is 0 Å². The Kier molecular flexibility index (Phi) is 7.05. The molecule has 0 spiro atoms.